The quantitative estimate of drug-likeness (QED) is 0.763. The van der Waals surface area contributed by atoms with E-state index < -0.39 is 17.5 Å². The zero-order valence-corrected chi connectivity index (χ0v) is 14.9. The van der Waals surface area contributed by atoms with E-state index in [4.69, 9.17) is 39.1 Å². The van der Waals surface area contributed by atoms with Crippen molar-refractivity contribution in [3.63, 3.8) is 0 Å². The lowest BCUT2D eigenvalue weighted by Crippen LogP contribution is -2.23. The molecule has 1 aliphatic rings. The van der Waals surface area contributed by atoms with Gasteiger partial charge in [-0.1, -0.05) is 29.1 Å². The molecule has 1 aromatic heterocycles. The highest BCUT2D eigenvalue weighted by Crippen LogP contribution is 2.35. The van der Waals surface area contributed by atoms with E-state index in [-0.39, 0.29) is 27.1 Å². The van der Waals surface area contributed by atoms with Gasteiger partial charge in [0.25, 0.3) is 5.56 Å². The molecule has 2 heterocycles. The maximum Gasteiger partial charge on any atom is 0.276 e. The molecule has 0 saturated heterocycles. The third kappa shape index (κ3) is 3.28. The van der Waals surface area contributed by atoms with Gasteiger partial charge in [-0.25, -0.2) is 9.07 Å². The minimum Gasteiger partial charge on any atom is -0.476 e. The monoisotopic (exact) mass is 384 g/mol. The van der Waals surface area contributed by atoms with Crippen molar-refractivity contribution in [3.05, 3.63) is 38.5 Å². The van der Waals surface area contributed by atoms with E-state index in [1.54, 1.807) is 11.6 Å². The molecule has 0 bridgehead atoms. The lowest BCUT2D eigenvalue weighted by atomic mass is 10.1. The number of rotatable bonds is 3. The van der Waals surface area contributed by atoms with E-state index in [0.717, 1.165) is 6.07 Å². The molecule has 0 N–H and O–H groups in total. The lowest BCUT2D eigenvalue weighted by Gasteiger charge is -2.12. The average molecular weight is 385 g/mol. The van der Waals surface area contributed by atoms with Crippen LogP contribution in [0.4, 0.5) is 4.39 Å². The van der Waals surface area contributed by atoms with Crippen molar-refractivity contribution in [1.29, 1.82) is 0 Å². The first kappa shape index (κ1) is 17.9. The maximum atomic E-state index is 14.5. The molecule has 132 valence electrons. The fraction of sp³-hybridized carbons (Fsp3) is 0.353. The first-order valence-corrected chi connectivity index (χ1v) is 8.38. The lowest BCUT2D eigenvalue weighted by molar-refractivity contribution is 0.137. The number of hydrogen-bond acceptors (Lipinski definition) is 3. The SMILES string of the molecule is C#CC(C)Oc1cc(-c2c(Cl)n3n(c2=O)CCOCC3)c(F)cc1Cl. The number of ether oxygens (including phenoxy) is 2. The second kappa shape index (κ2) is 7.12. The Kier molecular flexibility index (Phi) is 5.09. The summed E-state index contributed by atoms with van der Waals surface area (Å²) in [4.78, 5) is 12.7. The van der Waals surface area contributed by atoms with Gasteiger partial charge in [-0.05, 0) is 19.1 Å². The van der Waals surface area contributed by atoms with Crippen LogP contribution in [-0.2, 0) is 17.8 Å². The van der Waals surface area contributed by atoms with Crippen molar-refractivity contribution in [2.75, 3.05) is 13.2 Å². The van der Waals surface area contributed by atoms with E-state index in [0.29, 0.717) is 26.3 Å². The van der Waals surface area contributed by atoms with Gasteiger partial charge in [-0.3, -0.25) is 9.48 Å². The maximum absolute atomic E-state index is 14.5. The number of terminal acetylenes is 1. The third-order valence-corrected chi connectivity index (χ3v) is 4.58. The summed E-state index contributed by atoms with van der Waals surface area (Å²) in [6.45, 7) is 3.20. The van der Waals surface area contributed by atoms with E-state index in [2.05, 4.69) is 5.92 Å². The van der Waals surface area contributed by atoms with Gasteiger partial charge in [-0.15, -0.1) is 6.42 Å². The Morgan fingerprint density at radius 3 is 2.68 bits per heavy atom. The number of fused-ring (bicyclic) bond motifs is 1. The molecule has 8 heteroatoms. The number of aromatic nitrogens is 2. The predicted molar refractivity (Wildman–Crippen MR) is 93.8 cm³/mol. The van der Waals surface area contributed by atoms with Crippen LogP contribution < -0.4 is 10.3 Å². The second-order valence-electron chi connectivity index (χ2n) is 5.52. The Bertz CT molecular complexity index is 914. The van der Waals surface area contributed by atoms with Crippen LogP contribution in [0.1, 0.15) is 6.92 Å². The van der Waals surface area contributed by atoms with Crippen LogP contribution in [0.5, 0.6) is 5.75 Å². The van der Waals surface area contributed by atoms with Crippen molar-refractivity contribution in [1.82, 2.24) is 9.36 Å². The van der Waals surface area contributed by atoms with Gasteiger partial charge in [-0.2, -0.15) is 0 Å². The highest BCUT2D eigenvalue weighted by atomic mass is 35.5. The molecule has 0 saturated carbocycles. The zero-order valence-electron chi connectivity index (χ0n) is 13.4. The van der Waals surface area contributed by atoms with Gasteiger partial charge in [0.05, 0.1) is 36.9 Å². The normalized spacial score (nSPS) is 15.2. The Balaban J connectivity index is 2.16. The summed E-state index contributed by atoms with van der Waals surface area (Å²) in [6, 6.07) is 2.44. The van der Waals surface area contributed by atoms with Crippen molar-refractivity contribution >= 4 is 23.2 Å². The average Bonchev–Trinajstić information content (AvgIpc) is 2.76. The fourth-order valence-electron chi connectivity index (χ4n) is 2.67. The molecule has 1 aliphatic heterocycles. The molecule has 1 unspecified atom stereocenters. The Labute approximate surface area is 153 Å². The van der Waals surface area contributed by atoms with Gasteiger partial charge in [0, 0.05) is 5.56 Å². The Morgan fingerprint density at radius 1 is 1.32 bits per heavy atom. The number of hydrogen-bond donors (Lipinski definition) is 0. The molecule has 0 spiro atoms. The molecule has 0 fully saturated rings. The molecule has 0 radical (unpaired) electrons. The van der Waals surface area contributed by atoms with Crippen molar-refractivity contribution in [2.24, 2.45) is 0 Å². The van der Waals surface area contributed by atoms with Crippen molar-refractivity contribution < 1.29 is 13.9 Å². The summed E-state index contributed by atoms with van der Waals surface area (Å²) in [5, 5.41) is 0.210. The summed E-state index contributed by atoms with van der Waals surface area (Å²) in [7, 11) is 0. The van der Waals surface area contributed by atoms with Gasteiger partial charge >= 0.3 is 0 Å². The summed E-state index contributed by atoms with van der Waals surface area (Å²) in [5.74, 6) is 1.92. The Morgan fingerprint density at radius 2 is 2.00 bits per heavy atom. The number of nitrogens with zero attached hydrogens (tertiary/aromatic N) is 2. The minimum atomic E-state index is -0.665. The van der Waals surface area contributed by atoms with Crippen LogP contribution in [0, 0.1) is 18.2 Å². The molecule has 25 heavy (non-hydrogen) atoms. The number of halogens is 3. The largest absolute Gasteiger partial charge is 0.476 e. The van der Waals surface area contributed by atoms with E-state index in [1.165, 1.54) is 10.7 Å². The molecule has 1 atom stereocenters. The Hall–Kier alpha value is -1.94. The summed E-state index contributed by atoms with van der Waals surface area (Å²) >= 11 is 12.4. The number of benzene rings is 1. The van der Waals surface area contributed by atoms with Crippen LogP contribution in [0.2, 0.25) is 10.2 Å². The molecular formula is C17H15Cl2FN2O3. The van der Waals surface area contributed by atoms with Crippen LogP contribution in [-0.4, -0.2) is 28.7 Å². The summed E-state index contributed by atoms with van der Waals surface area (Å²) in [5.41, 5.74) is -0.309. The van der Waals surface area contributed by atoms with Crippen molar-refractivity contribution in [2.45, 2.75) is 26.1 Å². The van der Waals surface area contributed by atoms with E-state index in [9.17, 15) is 9.18 Å². The van der Waals surface area contributed by atoms with Crippen LogP contribution >= 0.6 is 23.2 Å². The van der Waals surface area contributed by atoms with Crippen LogP contribution in [0.3, 0.4) is 0 Å². The van der Waals surface area contributed by atoms with E-state index >= 15 is 0 Å². The fourth-order valence-corrected chi connectivity index (χ4v) is 3.22. The van der Waals surface area contributed by atoms with Crippen LogP contribution in [0.25, 0.3) is 11.1 Å². The first-order valence-electron chi connectivity index (χ1n) is 7.63. The van der Waals surface area contributed by atoms with E-state index in [1.807, 2.05) is 0 Å². The molecule has 0 amide bonds. The highest BCUT2D eigenvalue weighted by Gasteiger charge is 2.25. The molecule has 3 rings (SSSR count). The summed E-state index contributed by atoms with van der Waals surface area (Å²) < 4.78 is 28.4. The minimum absolute atomic E-state index is 0.0209. The van der Waals surface area contributed by atoms with Gasteiger partial charge in [0.15, 0.2) is 6.10 Å². The summed E-state index contributed by atoms with van der Waals surface area (Å²) in [6.07, 6.45) is 4.74. The first-order chi connectivity index (χ1) is 11.9. The van der Waals surface area contributed by atoms with Crippen molar-refractivity contribution in [3.8, 4) is 29.2 Å². The predicted octanol–water partition coefficient (Wildman–Crippen LogP) is 3.19. The molecule has 2 aromatic rings. The standard InChI is InChI=1S/C17H15Cl2FN2O3/c1-3-10(2)25-14-8-11(13(20)9-12(14)18)15-16(19)21-4-6-24-7-5-22(21)17(15)23/h1,8-10H,4-7H2,2H3. The molecular weight excluding hydrogens is 370 g/mol. The molecule has 1 aromatic carbocycles. The second-order valence-corrected chi connectivity index (χ2v) is 6.28. The highest BCUT2D eigenvalue weighted by molar-refractivity contribution is 6.33. The third-order valence-electron chi connectivity index (χ3n) is 3.90. The van der Waals surface area contributed by atoms with Gasteiger partial charge < -0.3 is 9.47 Å². The zero-order chi connectivity index (χ0) is 18.1. The van der Waals surface area contributed by atoms with Crippen LogP contribution in [0.15, 0.2) is 16.9 Å². The van der Waals surface area contributed by atoms with Gasteiger partial charge in [0.2, 0.25) is 0 Å². The topological polar surface area (TPSA) is 45.4 Å². The van der Waals surface area contributed by atoms with Gasteiger partial charge in [0.1, 0.15) is 16.7 Å². The molecule has 5 nitrogen and oxygen atoms in total. The molecule has 0 aliphatic carbocycles. The smallest absolute Gasteiger partial charge is 0.276 e.